The molecule has 1 aliphatic heterocycles. The van der Waals surface area contributed by atoms with Crippen LogP contribution < -0.4 is 5.73 Å². The van der Waals surface area contributed by atoms with E-state index < -0.39 is 12.0 Å². The smallest absolute Gasteiger partial charge is 0.265 e. The molecule has 1 saturated heterocycles. The summed E-state index contributed by atoms with van der Waals surface area (Å²) in [4.78, 5) is 1.82. The molecule has 0 aliphatic carbocycles. The number of nitrogens with two attached hydrogens (primary N) is 1. The van der Waals surface area contributed by atoms with Crippen LogP contribution in [0.5, 0.6) is 0 Å². The number of halogens is 2. The van der Waals surface area contributed by atoms with Gasteiger partial charge in [0.25, 0.3) is 5.92 Å². The van der Waals surface area contributed by atoms with Gasteiger partial charge < -0.3 is 10.6 Å². The third-order valence-electron chi connectivity index (χ3n) is 1.88. The highest BCUT2D eigenvalue weighted by molar-refractivity contribution is 4.87. The fraction of sp³-hybridized carbons (Fsp3) is 1.00. The molecule has 4 heteroatoms. The molecule has 60 valence electrons. The predicted octanol–water partition coefficient (Wildman–Crippen LogP) is 0.285. The minimum Gasteiger partial charge on any atom is -0.322 e. The number of likely N-dealkylation sites (tertiary alicyclic amines) is 1. The minimum atomic E-state index is -2.65. The van der Waals surface area contributed by atoms with Crippen LogP contribution in [-0.4, -0.2) is 37.0 Å². The molecule has 2 nitrogen and oxygen atoms in total. The average molecular weight is 150 g/mol. The number of piperidine rings is 1. The predicted molar refractivity (Wildman–Crippen MR) is 35.0 cm³/mol. The zero-order chi connectivity index (χ0) is 7.78. The van der Waals surface area contributed by atoms with Crippen molar-refractivity contribution in [2.75, 3.05) is 20.1 Å². The van der Waals surface area contributed by atoms with Gasteiger partial charge in [0.1, 0.15) is 0 Å². The third kappa shape index (κ3) is 1.44. The van der Waals surface area contributed by atoms with Gasteiger partial charge in [-0.2, -0.15) is 0 Å². The van der Waals surface area contributed by atoms with Crippen LogP contribution in [0.1, 0.15) is 6.42 Å². The van der Waals surface area contributed by atoms with Crippen LogP contribution in [-0.2, 0) is 0 Å². The van der Waals surface area contributed by atoms with Crippen molar-refractivity contribution >= 4 is 0 Å². The zero-order valence-corrected chi connectivity index (χ0v) is 5.98. The number of nitrogens with zero attached hydrogens (tertiary/aromatic N) is 1. The molecule has 1 heterocycles. The molecule has 0 saturated carbocycles. The first-order valence-corrected chi connectivity index (χ1v) is 3.34. The summed E-state index contributed by atoms with van der Waals surface area (Å²) >= 11 is 0. The van der Waals surface area contributed by atoms with Gasteiger partial charge in [-0.05, 0) is 7.05 Å². The lowest BCUT2D eigenvalue weighted by atomic mass is 10.0. The fourth-order valence-electron chi connectivity index (χ4n) is 1.09. The topological polar surface area (TPSA) is 29.3 Å². The SMILES string of the molecule is CN1CCC(F)(F)[C@@H](N)C1. The van der Waals surface area contributed by atoms with Gasteiger partial charge in [-0.3, -0.25) is 0 Å². The maximum Gasteiger partial charge on any atom is 0.265 e. The molecular weight excluding hydrogens is 138 g/mol. The largest absolute Gasteiger partial charge is 0.322 e. The molecule has 1 fully saturated rings. The minimum absolute atomic E-state index is 0.106. The second-order valence-corrected chi connectivity index (χ2v) is 2.88. The maximum absolute atomic E-state index is 12.6. The van der Waals surface area contributed by atoms with E-state index in [1.807, 2.05) is 4.90 Å². The second kappa shape index (κ2) is 2.43. The molecule has 0 aromatic carbocycles. The van der Waals surface area contributed by atoms with Crippen molar-refractivity contribution in [2.24, 2.45) is 5.73 Å². The van der Waals surface area contributed by atoms with Crippen LogP contribution in [0.25, 0.3) is 0 Å². The van der Waals surface area contributed by atoms with Gasteiger partial charge >= 0.3 is 0 Å². The van der Waals surface area contributed by atoms with Crippen molar-refractivity contribution in [3.05, 3.63) is 0 Å². The van der Waals surface area contributed by atoms with Crippen LogP contribution in [0.15, 0.2) is 0 Å². The van der Waals surface area contributed by atoms with Crippen LogP contribution >= 0.6 is 0 Å². The summed E-state index contributed by atoms with van der Waals surface area (Å²) in [5, 5.41) is 0. The molecule has 0 spiro atoms. The average Bonchev–Trinajstić information content (AvgIpc) is 1.81. The van der Waals surface area contributed by atoms with Crippen LogP contribution in [0.3, 0.4) is 0 Å². The summed E-state index contributed by atoms with van der Waals surface area (Å²) in [5.41, 5.74) is 5.21. The maximum atomic E-state index is 12.6. The zero-order valence-electron chi connectivity index (χ0n) is 5.98. The molecule has 1 rings (SSSR count). The van der Waals surface area contributed by atoms with Gasteiger partial charge in [0.2, 0.25) is 0 Å². The van der Waals surface area contributed by atoms with Crippen molar-refractivity contribution in [1.29, 1.82) is 0 Å². The Morgan fingerprint density at radius 3 is 2.60 bits per heavy atom. The summed E-state index contributed by atoms with van der Waals surface area (Å²) in [5.74, 6) is -2.65. The first kappa shape index (κ1) is 7.88. The van der Waals surface area contributed by atoms with E-state index >= 15 is 0 Å². The lowest BCUT2D eigenvalue weighted by Crippen LogP contribution is -2.54. The van der Waals surface area contributed by atoms with Crippen molar-refractivity contribution in [3.63, 3.8) is 0 Å². The first-order chi connectivity index (χ1) is 4.52. The van der Waals surface area contributed by atoms with Crippen molar-refractivity contribution in [3.8, 4) is 0 Å². The quantitative estimate of drug-likeness (QED) is 0.537. The molecule has 0 radical (unpaired) electrons. The van der Waals surface area contributed by atoms with Gasteiger partial charge in [-0.1, -0.05) is 0 Å². The van der Waals surface area contributed by atoms with E-state index in [1.54, 1.807) is 7.05 Å². The Hall–Kier alpha value is -0.220. The van der Waals surface area contributed by atoms with E-state index in [2.05, 4.69) is 0 Å². The van der Waals surface area contributed by atoms with Crippen LogP contribution in [0.2, 0.25) is 0 Å². The number of hydrogen-bond acceptors (Lipinski definition) is 2. The van der Waals surface area contributed by atoms with E-state index in [4.69, 9.17) is 5.73 Å². The highest BCUT2D eigenvalue weighted by atomic mass is 19.3. The number of hydrogen-bond donors (Lipinski definition) is 1. The first-order valence-electron chi connectivity index (χ1n) is 3.34. The number of rotatable bonds is 0. The summed E-state index contributed by atoms with van der Waals surface area (Å²) in [6.45, 7) is 0.744. The van der Waals surface area contributed by atoms with Crippen molar-refractivity contribution < 1.29 is 8.78 Å². The molecule has 2 N–H and O–H groups in total. The standard InChI is InChI=1S/C6H12F2N2/c1-10-3-2-6(7,8)5(9)4-10/h5H,2-4,9H2,1H3/t5-/m0/s1. The molecule has 0 unspecified atom stereocenters. The third-order valence-corrected chi connectivity index (χ3v) is 1.88. The van der Waals surface area contributed by atoms with E-state index in [9.17, 15) is 8.78 Å². The highest BCUT2D eigenvalue weighted by Gasteiger charge is 2.40. The monoisotopic (exact) mass is 150 g/mol. The Labute approximate surface area is 59.0 Å². The Kier molecular flexibility index (Phi) is 1.92. The lowest BCUT2D eigenvalue weighted by Gasteiger charge is -2.33. The molecular formula is C6H12F2N2. The normalized spacial score (nSPS) is 34.2. The second-order valence-electron chi connectivity index (χ2n) is 2.88. The van der Waals surface area contributed by atoms with Crippen LogP contribution in [0, 0.1) is 0 Å². The highest BCUT2D eigenvalue weighted by Crippen LogP contribution is 2.25. The van der Waals surface area contributed by atoms with E-state index in [0.717, 1.165) is 0 Å². The van der Waals surface area contributed by atoms with E-state index in [1.165, 1.54) is 0 Å². The fourth-order valence-corrected chi connectivity index (χ4v) is 1.09. The van der Waals surface area contributed by atoms with Crippen molar-refractivity contribution in [1.82, 2.24) is 4.90 Å². The van der Waals surface area contributed by atoms with Crippen molar-refractivity contribution in [2.45, 2.75) is 18.4 Å². The molecule has 0 aromatic rings. The Morgan fingerprint density at radius 2 is 2.20 bits per heavy atom. The Bertz CT molecular complexity index is 127. The number of likely N-dealkylation sites (N-methyl/N-ethyl adjacent to an activating group) is 1. The van der Waals surface area contributed by atoms with Gasteiger partial charge in [0.05, 0.1) is 6.04 Å². The van der Waals surface area contributed by atoms with Crippen LogP contribution in [0.4, 0.5) is 8.78 Å². The summed E-state index contributed by atoms with van der Waals surface area (Å²) in [7, 11) is 1.80. The molecule has 0 aromatic heterocycles. The summed E-state index contributed by atoms with van der Waals surface area (Å²) in [6, 6.07) is -0.980. The molecule has 1 aliphatic rings. The van der Waals surface area contributed by atoms with E-state index in [-0.39, 0.29) is 6.42 Å². The summed E-state index contributed by atoms with van der Waals surface area (Å²) in [6.07, 6.45) is -0.106. The molecule has 0 amide bonds. The molecule has 10 heavy (non-hydrogen) atoms. The van der Waals surface area contributed by atoms with Gasteiger partial charge in [-0.25, -0.2) is 8.78 Å². The Balaban J connectivity index is 2.52. The van der Waals surface area contributed by atoms with E-state index in [0.29, 0.717) is 13.1 Å². The van der Waals surface area contributed by atoms with Gasteiger partial charge in [0.15, 0.2) is 0 Å². The molecule has 0 bridgehead atoms. The lowest BCUT2D eigenvalue weighted by molar-refractivity contribution is -0.0679. The van der Waals surface area contributed by atoms with Gasteiger partial charge in [-0.15, -0.1) is 0 Å². The van der Waals surface area contributed by atoms with Gasteiger partial charge in [0, 0.05) is 19.5 Å². The molecule has 1 atom stereocenters. The number of alkyl halides is 2. The summed E-state index contributed by atoms with van der Waals surface area (Å²) < 4.78 is 25.2. The Morgan fingerprint density at radius 1 is 1.60 bits per heavy atom.